The molecular weight excluding hydrogens is 352 g/mol. The quantitative estimate of drug-likeness (QED) is 0.591. The summed E-state index contributed by atoms with van der Waals surface area (Å²) in [5, 5.41) is 3.70. The fourth-order valence-electron chi connectivity index (χ4n) is 4.58. The minimum Gasteiger partial charge on any atom is -0.368 e. The van der Waals surface area contributed by atoms with Crippen molar-refractivity contribution in [3.05, 3.63) is 65.7 Å². The Balaban J connectivity index is 0.000000707. The minimum absolute atomic E-state index is 0.610. The summed E-state index contributed by atoms with van der Waals surface area (Å²) in [7, 11) is 0. The van der Waals surface area contributed by atoms with E-state index in [0.29, 0.717) is 6.04 Å². The zero-order valence-corrected chi connectivity index (χ0v) is 19.2. The van der Waals surface area contributed by atoms with E-state index < -0.39 is 0 Å². The lowest BCUT2D eigenvalue weighted by atomic mass is 10.00. The van der Waals surface area contributed by atoms with E-state index in [2.05, 4.69) is 64.8 Å². The van der Waals surface area contributed by atoms with Crippen molar-refractivity contribution in [2.24, 2.45) is 0 Å². The molecule has 1 atom stereocenters. The second-order valence-corrected chi connectivity index (χ2v) is 7.65. The summed E-state index contributed by atoms with van der Waals surface area (Å²) in [6.07, 6.45) is 9.08. The fourth-order valence-corrected chi connectivity index (χ4v) is 4.58. The van der Waals surface area contributed by atoms with Crippen molar-refractivity contribution in [1.29, 1.82) is 0 Å². The first kappa shape index (κ1) is 23.5. The minimum atomic E-state index is 0.610. The number of hydrogen-bond donors (Lipinski definition) is 1. The molecule has 2 aliphatic rings. The van der Waals surface area contributed by atoms with Gasteiger partial charge in [-0.05, 0) is 68.3 Å². The Bertz CT molecular complexity index is 636. The van der Waals surface area contributed by atoms with E-state index in [-0.39, 0.29) is 0 Å². The molecular formula is C27H42N2. The summed E-state index contributed by atoms with van der Waals surface area (Å²) < 4.78 is 0. The zero-order valence-electron chi connectivity index (χ0n) is 19.2. The van der Waals surface area contributed by atoms with Gasteiger partial charge in [0.2, 0.25) is 0 Å². The molecule has 1 saturated heterocycles. The standard InChI is InChI=1S/C23H30N2.2C2H6/c1-2-13-22(14-3-1)25(16-8-12-21-11-6-7-15-24-21)23-17-19-9-4-5-10-20(19)18-23;2*1-2/h1-5,9-10,13-14,21,23-24H,6-8,11-12,15-18H2;2*1-2H3. The van der Waals surface area contributed by atoms with Crippen molar-refractivity contribution >= 4 is 5.69 Å². The summed E-state index contributed by atoms with van der Waals surface area (Å²) in [6, 6.07) is 21.4. The number of hydrogen-bond acceptors (Lipinski definition) is 2. The van der Waals surface area contributed by atoms with Gasteiger partial charge in [-0.2, -0.15) is 0 Å². The molecule has 0 amide bonds. The van der Waals surface area contributed by atoms with Gasteiger partial charge in [0, 0.05) is 24.3 Å². The molecule has 2 nitrogen and oxygen atoms in total. The summed E-state index contributed by atoms with van der Waals surface area (Å²) in [5.74, 6) is 0. The van der Waals surface area contributed by atoms with Crippen molar-refractivity contribution < 1.29 is 0 Å². The van der Waals surface area contributed by atoms with Crippen LogP contribution in [0.4, 0.5) is 5.69 Å². The van der Waals surface area contributed by atoms with Crippen LogP contribution < -0.4 is 10.2 Å². The topological polar surface area (TPSA) is 15.3 Å². The Morgan fingerprint density at radius 2 is 1.45 bits per heavy atom. The number of para-hydroxylation sites is 1. The van der Waals surface area contributed by atoms with Gasteiger partial charge >= 0.3 is 0 Å². The SMILES string of the molecule is CC.CC.c1ccc(N(CCCC2CCCCN2)C2Cc3ccccc3C2)cc1. The van der Waals surface area contributed by atoms with Gasteiger partial charge in [-0.15, -0.1) is 0 Å². The summed E-state index contributed by atoms with van der Waals surface area (Å²) in [6.45, 7) is 10.4. The van der Waals surface area contributed by atoms with E-state index in [4.69, 9.17) is 0 Å². The van der Waals surface area contributed by atoms with Crippen LogP contribution in [0.15, 0.2) is 54.6 Å². The number of rotatable bonds is 6. The van der Waals surface area contributed by atoms with E-state index >= 15 is 0 Å². The van der Waals surface area contributed by atoms with Crippen LogP contribution in [0.25, 0.3) is 0 Å². The highest BCUT2D eigenvalue weighted by Gasteiger charge is 2.26. The monoisotopic (exact) mass is 394 g/mol. The molecule has 0 spiro atoms. The first-order chi connectivity index (χ1) is 14.4. The van der Waals surface area contributed by atoms with Gasteiger partial charge in [0.25, 0.3) is 0 Å². The van der Waals surface area contributed by atoms with E-state index in [1.807, 2.05) is 27.7 Å². The number of nitrogens with zero attached hydrogens (tertiary/aromatic N) is 1. The fraction of sp³-hybridized carbons (Fsp3) is 0.556. The number of anilines is 1. The summed E-state index contributed by atoms with van der Waals surface area (Å²) in [5.41, 5.74) is 4.47. The van der Waals surface area contributed by atoms with Crippen molar-refractivity contribution in [2.45, 2.75) is 84.7 Å². The number of piperidine rings is 1. The lowest BCUT2D eigenvalue weighted by Crippen LogP contribution is -2.38. The maximum Gasteiger partial charge on any atom is 0.0370 e. The highest BCUT2D eigenvalue weighted by atomic mass is 15.2. The van der Waals surface area contributed by atoms with Crippen LogP contribution in [0.1, 0.15) is 70.9 Å². The highest BCUT2D eigenvalue weighted by molar-refractivity contribution is 5.49. The van der Waals surface area contributed by atoms with Gasteiger partial charge in [0.05, 0.1) is 0 Å². The van der Waals surface area contributed by atoms with Gasteiger partial charge in [0.15, 0.2) is 0 Å². The molecule has 1 unspecified atom stereocenters. The van der Waals surface area contributed by atoms with Crippen LogP contribution in [0, 0.1) is 0 Å². The third kappa shape index (κ3) is 6.89. The molecule has 1 N–H and O–H groups in total. The molecule has 0 aromatic heterocycles. The van der Waals surface area contributed by atoms with Crippen LogP contribution in [0.2, 0.25) is 0 Å². The lowest BCUT2D eigenvalue weighted by Gasteiger charge is -2.32. The smallest absolute Gasteiger partial charge is 0.0370 e. The Hall–Kier alpha value is -1.80. The molecule has 0 radical (unpaired) electrons. The molecule has 1 heterocycles. The molecule has 0 bridgehead atoms. The van der Waals surface area contributed by atoms with E-state index in [1.165, 1.54) is 63.7 Å². The van der Waals surface area contributed by atoms with Crippen molar-refractivity contribution in [3.8, 4) is 0 Å². The molecule has 29 heavy (non-hydrogen) atoms. The largest absolute Gasteiger partial charge is 0.368 e. The van der Waals surface area contributed by atoms with Crippen LogP contribution >= 0.6 is 0 Å². The molecule has 2 heteroatoms. The molecule has 4 rings (SSSR count). The highest BCUT2D eigenvalue weighted by Crippen LogP contribution is 2.29. The van der Waals surface area contributed by atoms with Crippen molar-refractivity contribution in [3.63, 3.8) is 0 Å². The average molecular weight is 395 g/mol. The molecule has 160 valence electrons. The first-order valence-electron chi connectivity index (χ1n) is 12.0. The number of fused-ring (bicyclic) bond motifs is 1. The van der Waals surface area contributed by atoms with Crippen LogP contribution in [0.3, 0.4) is 0 Å². The van der Waals surface area contributed by atoms with Crippen LogP contribution in [-0.2, 0) is 12.8 Å². The second-order valence-electron chi connectivity index (χ2n) is 7.65. The molecule has 1 aliphatic heterocycles. The van der Waals surface area contributed by atoms with Gasteiger partial charge in [-0.25, -0.2) is 0 Å². The Labute approximate surface area is 179 Å². The predicted octanol–water partition coefficient (Wildman–Crippen LogP) is 6.64. The van der Waals surface area contributed by atoms with Crippen molar-refractivity contribution in [2.75, 3.05) is 18.0 Å². The maximum atomic E-state index is 3.70. The van der Waals surface area contributed by atoms with E-state index in [0.717, 1.165) is 6.04 Å². The Morgan fingerprint density at radius 1 is 0.828 bits per heavy atom. The average Bonchev–Trinajstić information content (AvgIpc) is 3.24. The van der Waals surface area contributed by atoms with Crippen LogP contribution in [-0.4, -0.2) is 25.2 Å². The predicted molar refractivity (Wildman–Crippen MR) is 129 cm³/mol. The third-order valence-corrected chi connectivity index (χ3v) is 5.92. The molecule has 0 saturated carbocycles. The van der Waals surface area contributed by atoms with E-state index in [1.54, 1.807) is 11.1 Å². The maximum absolute atomic E-state index is 3.70. The zero-order chi connectivity index (χ0) is 20.9. The lowest BCUT2D eigenvalue weighted by molar-refractivity contribution is 0.374. The molecule has 2 aromatic carbocycles. The molecule has 1 aliphatic carbocycles. The molecule has 2 aromatic rings. The number of nitrogens with one attached hydrogen (secondary N) is 1. The Morgan fingerprint density at radius 3 is 2.03 bits per heavy atom. The van der Waals surface area contributed by atoms with Gasteiger partial charge in [0.1, 0.15) is 0 Å². The Kier molecular flexibility index (Phi) is 10.9. The van der Waals surface area contributed by atoms with Gasteiger partial charge in [-0.1, -0.05) is 76.6 Å². The third-order valence-electron chi connectivity index (χ3n) is 5.92. The number of benzene rings is 2. The van der Waals surface area contributed by atoms with Gasteiger partial charge < -0.3 is 10.2 Å². The second kappa shape index (κ2) is 13.4. The summed E-state index contributed by atoms with van der Waals surface area (Å²) >= 11 is 0. The van der Waals surface area contributed by atoms with Crippen LogP contribution in [0.5, 0.6) is 0 Å². The first-order valence-corrected chi connectivity index (χ1v) is 12.0. The van der Waals surface area contributed by atoms with Gasteiger partial charge in [-0.3, -0.25) is 0 Å². The van der Waals surface area contributed by atoms with Crippen molar-refractivity contribution in [1.82, 2.24) is 5.32 Å². The molecule has 1 fully saturated rings. The normalized spacial score (nSPS) is 18.0. The summed E-state index contributed by atoms with van der Waals surface area (Å²) in [4.78, 5) is 2.67. The van der Waals surface area contributed by atoms with E-state index in [9.17, 15) is 0 Å².